The fraction of sp³-hybridized carbons (Fsp3) is 0.875. The Hall–Kier alpha value is -0.670. The fourth-order valence-corrected chi connectivity index (χ4v) is 7.51. The number of aliphatic hydroxyl groups excluding tert-OH is 1. The third-order valence-corrected chi connectivity index (χ3v) is 8.90. The highest BCUT2D eigenvalue weighted by atomic mass is 16.3. The van der Waals surface area contributed by atoms with Crippen molar-refractivity contribution in [3.05, 3.63) is 11.6 Å². The van der Waals surface area contributed by atoms with Crippen LogP contribution in [-0.4, -0.2) is 40.5 Å². The lowest BCUT2D eigenvalue weighted by Gasteiger charge is -2.60. The van der Waals surface area contributed by atoms with Crippen LogP contribution in [0.1, 0.15) is 79.1 Å². The van der Waals surface area contributed by atoms with Gasteiger partial charge in [0.2, 0.25) is 0 Å². The summed E-state index contributed by atoms with van der Waals surface area (Å²) in [7, 11) is 0. The summed E-state index contributed by atoms with van der Waals surface area (Å²) in [6, 6.07) is 0. The van der Waals surface area contributed by atoms with Gasteiger partial charge in [0.1, 0.15) is 0 Å². The van der Waals surface area contributed by atoms with E-state index in [4.69, 9.17) is 0 Å². The summed E-state index contributed by atoms with van der Waals surface area (Å²) in [5.41, 5.74) is 1.55. The topological polar surface area (TPSA) is 40.5 Å². The monoisotopic (exact) mass is 373 g/mol. The number of allylic oxidation sites excluding steroid dienone is 2. The van der Waals surface area contributed by atoms with Crippen molar-refractivity contribution in [2.45, 2.75) is 90.7 Å². The van der Waals surface area contributed by atoms with Gasteiger partial charge in [-0.05, 0) is 100 Å². The summed E-state index contributed by atoms with van der Waals surface area (Å²) in [5, 5.41) is 11.4. The van der Waals surface area contributed by atoms with E-state index in [9.17, 15) is 9.90 Å². The number of carbonyl (C=O) groups is 1. The van der Waals surface area contributed by atoms with Crippen molar-refractivity contribution in [2.75, 3.05) is 13.1 Å². The van der Waals surface area contributed by atoms with Crippen LogP contribution in [0.2, 0.25) is 0 Å². The van der Waals surface area contributed by atoms with Crippen LogP contribution in [0.3, 0.4) is 0 Å². The van der Waals surface area contributed by atoms with Crippen molar-refractivity contribution in [2.24, 2.45) is 29.1 Å². The van der Waals surface area contributed by atoms with E-state index in [2.05, 4.69) is 32.6 Å². The normalized spacial score (nSPS) is 44.7. The van der Waals surface area contributed by atoms with Crippen LogP contribution in [0.5, 0.6) is 0 Å². The van der Waals surface area contributed by atoms with Gasteiger partial charge in [-0.1, -0.05) is 26.3 Å². The van der Waals surface area contributed by atoms with E-state index in [-0.39, 0.29) is 17.1 Å². The van der Waals surface area contributed by atoms with Gasteiger partial charge in [-0.2, -0.15) is 0 Å². The van der Waals surface area contributed by atoms with E-state index in [1.807, 2.05) is 6.08 Å². The van der Waals surface area contributed by atoms with E-state index in [0.29, 0.717) is 30.0 Å². The molecule has 0 aromatic rings. The molecular weight excluding hydrogens is 334 g/mol. The molecular formula is C24H39NO2. The summed E-state index contributed by atoms with van der Waals surface area (Å²) in [6.45, 7) is 11.8. The minimum atomic E-state index is -0.233. The van der Waals surface area contributed by atoms with Gasteiger partial charge in [-0.15, -0.1) is 0 Å². The molecule has 3 fully saturated rings. The van der Waals surface area contributed by atoms with Crippen molar-refractivity contribution < 1.29 is 9.90 Å². The lowest BCUT2D eigenvalue weighted by atomic mass is 9.47. The molecule has 0 aromatic heterocycles. The van der Waals surface area contributed by atoms with Crippen LogP contribution >= 0.6 is 0 Å². The Kier molecular flexibility index (Phi) is 5.08. The average molecular weight is 374 g/mol. The number of carbonyl (C=O) groups excluding carboxylic acids is 1. The highest BCUT2D eigenvalue weighted by molar-refractivity contribution is 5.91. The first-order valence-electron chi connectivity index (χ1n) is 11.4. The molecule has 0 radical (unpaired) electrons. The standard InChI is InChI=1S/C24H39NO2/c1-16(2)6-5-12-25-13-10-20-19-8-7-17-14-18(26)9-11-23(17,3)22(19)21(27)15-24(20,25)4/h14,16,19-22,27H,5-13,15H2,1-4H3/t19?,20?,21-,22?,23-,24-/m0/s1. The molecule has 1 N–H and O–H groups in total. The van der Waals surface area contributed by atoms with Gasteiger partial charge in [0.05, 0.1) is 6.10 Å². The lowest BCUT2D eigenvalue weighted by molar-refractivity contribution is -0.128. The minimum absolute atomic E-state index is 0.0443. The third-order valence-electron chi connectivity index (χ3n) is 8.90. The molecule has 3 heteroatoms. The Morgan fingerprint density at radius 1 is 1.26 bits per heavy atom. The van der Waals surface area contributed by atoms with Crippen molar-refractivity contribution in [3.8, 4) is 0 Å². The average Bonchev–Trinajstić information content (AvgIpc) is 2.91. The van der Waals surface area contributed by atoms with Gasteiger partial charge >= 0.3 is 0 Å². The molecule has 1 heterocycles. The van der Waals surface area contributed by atoms with Gasteiger partial charge in [-0.25, -0.2) is 0 Å². The van der Waals surface area contributed by atoms with Crippen LogP contribution in [-0.2, 0) is 4.79 Å². The Balaban J connectivity index is 1.56. The minimum Gasteiger partial charge on any atom is -0.393 e. The number of likely N-dealkylation sites (tertiary alicyclic amines) is 1. The molecule has 1 aliphatic heterocycles. The molecule has 3 aliphatic carbocycles. The molecule has 0 amide bonds. The first kappa shape index (κ1) is 19.6. The van der Waals surface area contributed by atoms with Crippen molar-refractivity contribution >= 4 is 5.78 Å². The molecule has 2 saturated carbocycles. The van der Waals surface area contributed by atoms with Gasteiger partial charge in [0, 0.05) is 12.0 Å². The van der Waals surface area contributed by atoms with Crippen molar-refractivity contribution in [1.29, 1.82) is 0 Å². The molecule has 4 rings (SSSR count). The van der Waals surface area contributed by atoms with E-state index in [0.717, 1.165) is 31.6 Å². The molecule has 6 atom stereocenters. The molecule has 27 heavy (non-hydrogen) atoms. The molecule has 4 aliphatic rings. The largest absolute Gasteiger partial charge is 0.393 e. The smallest absolute Gasteiger partial charge is 0.155 e. The molecule has 152 valence electrons. The van der Waals surface area contributed by atoms with E-state index in [1.54, 1.807) is 0 Å². The first-order valence-corrected chi connectivity index (χ1v) is 11.4. The Morgan fingerprint density at radius 2 is 2.04 bits per heavy atom. The van der Waals surface area contributed by atoms with Gasteiger partial charge in [0.25, 0.3) is 0 Å². The Bertz CT molecular complexity index is 626. The second-order valence-corrected chi connectivity index (χ2v) is 10.8. The number of ketones is 1. The number of hydrogen-bond donors (Lipinski definition) is 1. The zero-order chi connectivity index (χ0) is 19.4. The zero-order valence-corrected chi connectivity index (χ0v) is 17.8. The lowest BCUT2D eigenvalue weighted by Crippen LogP contribution is -2.61. The molecule has 0 bridgehead atoms. The molecule has 3 unspecified atom stereocenters. The summed E-state index contributed by atoms with van der Waals surface area (Å²) in [5.74, 6) is 2.74. The highest BCUT2D eigenvalue weighted by Gasteiger charge is 2.61. The molecule has 0 aromatic carbocycles. The maximum Gasteiger partial charge on any atom is 0.155 e. The van der Waals surface area contributed by atoms with Crippen LogP contribution in [0, 0.1) is 29.1 Å². The van der Waals surface area contributed by atoms with E-state index >= 15 is 0 Å². The second-order valence-electron chi connectivity index (χ2n) is 10.8. The molecule has 3 nitrogen and oxygen atoms in total. The number of aliphatic hydroxyl groups is 1. The van der Waals surface area contributed by atoms with Gasteiger partial charge in [0.15, 0.2) is 5.78 Å². The second kappa shape index (κ2) is 6.99. The summed E-state index contributed by atoms with van der Waals surface area (Å²) in [6.07, 6.45) is 10.3. The predicted octanol–water partition coefficient (Wildman–Crippen LogP) is 4.59. The van der Waals surface area contributed by atoms with E-state index in [1.165, 1.54) is 37.9 Å². The van der Waals surface area contributed by atoms with Crippen LogP contribution in [0.25, 0.3) is 0 Å². The number of hydrogen-bond acceptors (Lipinski definition) is 3. The zero-order valence-electron chi connectivity index (χ0n) is 17.8. The SMILES string of the molecule is CC(C)CCCN1CCC2C3CCC4=CC(=O)CC[C@]4(C)C3[C@@H](O)C[C@@]21C. The number of nitrogens with zero attached hydrogens (tertiary/aromatic N) is 1. The van der Waals surface area contributed by atoms with Gasteiger partial charge in [-0.3, -0.25) is 9.69 Å². The van der Waals surface area contributed by atoms with Crippen LogP contribution in [0.4, 0.5) is 0 Å². The summed E-state index contributed by atoms with van der Waals surface area (Å²) >= 11 is 0. The number of fused-ring (bicyclic) bond motifs is 5. The van der Waals surface area contributed by atoms with E-state index < -0.39 is 0 Å². The third kappa shape index (κ3) is 3.13. The maximum atomic E-state index is 12.0. The van der Waals surface area contributed by atoms with Gasteiger partial charge < -0.3 is 5.11 Å². The van der Waals surface area contributed by atoms with Crippen LogP contribution in [0.15, 0.2) is 11.6 Å². The predicted molar refractivity (Wildman–Crippen MR) is 109 cm³/mol. The van der Waals surface area contributed by atoms with Crippen molar-refractivity contribution in [1.82, 2.24) is 4.90 Å². The molecule has 0 spiro atoms. The highest BCUT2D eigenvalue weighted by Crippen LogP contribution is 2.62. The summed E-state index contributed by atoms with van der Waals surface area (Å²) in [4.78, 5) is 14.7. The Morgan fingerprint density at radius 3 is 2.78 bits per heavy atom. The number of rotatable bonds is 4. The van der Waals surface area contributed by atoms with Crippen LogP contribution < -0.4 is 0 Å². The molecule has 1 saturated heterocycles. The summed E-state index contributed by atoms with van der Waals surface area (Å²) < 4.78 is 0. The Labute approximate surface area is 165 Å². The fourth-order valence-electron chi connectivity index (χ4n) is 7.51. The van der Waals surface area contributed by atoms with Crippen molar-refractivity contribution in [3.63, 3.8) is 0 Å². The maximum absolute atomic E-state index is 12.0. The first-order chi connectivity index (χ1) is 12.8. The quantitative estimate of drug-likeness (QED) is 0.783.